The lowest BCUT2D eigenvalue weighted by Gasteiger charge is -2.36. The van der Waals surface area contributed by atoms with Crippen LogP contribution in [0.3, 0.4) is 0 Å². The molecule has 1 rings (SSSR count). The van der Waals surface area contributed by atoms with Gasteiger partial charge in [0.2, 0.25) is 0 Å². The fourth-order valence-electron chi connectivity index (χ4n) is 4.16. The summed E-state index contributed by atoms with van der Waals surface area (Å²) in [5, 5.41) is 4.01. The van der Waals surface area contributed by atoms with E-state index in [2.05, 4.69) is 25.6 Å². The van der Waals surface area contributed by atoms with Crippen LogP contribution in [-0.2, 0) is 28.6 Å². The average Bonchev–Trinajstić information content (AvgIpc) is 2.80. The largest absolute Gasteiger partial charge is 0.462 e. The first-order chi connectivity index (χ1) is 14.1. The van der Waals surface area contributed by atoms with Crippen LogP contribution in [-0.4, -0.2) is 49.2 Å². The number of esters is 2. The molecule has 0 aliphatic carbocycles. The molecular formula is C23H39NO6. The van der Waals surface area contributed by atoms with E-state index in [0.717, 1.165) is 31.4 Å². The number of ether oxygens (including phenoxy) is 3. The number of allylic oxidation sites excluding steroid dienone is 1. The highest BCUT2D eigenvalue weighted by atomic mass is 16.6. The van der Waals surface area contributed by atoms with Crippen molar-refractivity contribution in [3.05, 3.63) is 12.7 Å². The molecule has 1 aliphatic heterocycles. The van der Waals surface area contributed by atoms with Crippen molar-refractivity contribution in [2.75, 3.05) is 13.7 Å². The molecule has 172 valence electrons. The van der Waals surface area contributed by atoms with Crippen LogP contribution in [0, 0.1) is 11.8 Å². The summed E-state index contributed by atoms with van der Waals surface area (Å²) in [6, 6.07) is 0. The predicted octanol–water partition coefficient (Wildman–Crippen LogP) is 4.44. The summed E-state index contributed by atoms with van der Waals surface area (Å²) in [6.45, 7) is 13.2. The highest BCUT2D eigenvalue weighted by Gasteiger charge is 2.40. The third-order valence-corrected chi connectivity index (χ3v) is 5.77. The van der Waals surface area contributed by atoms with Gasteiger partial charge in [-0.15, -0.1) is 6.58 Å². The average molecular weight is 426 g/mol. The third kappa shape index (κ3) is 8.46. The normalized spacial score (nSPS) is 26.2. The van der Waals surface area contributed by atoms with Crippen LogP contribution in [0.1, 0.15) is 73.1 Å². The fourth-order valence-corrected chi connectivity index (χ4v) is 4.16. The lowest BCUT2D eigenvalue weighted by Crippen LogP contribution is -2.44. The van der Waals surface area contributed by atoms with E-state index >= 15 is 0 Å². The topological polar surface area (TPSA) is 83.4 Å². The maximum absolute atomic E-state index is 11.6. The summed E-state index contributed by atoms with van der Waals surface area (Å²) in [6.07, 6.45) is 5.88. The van der Waals surface area contributed by atoms with Crippen LogP contribution in [0.2, 0.25) is 0 Å². The number of carbonyl (C=O) groups excluding carboxylic acids is 2. The molecule has 0 spiro atoms. The zero-order chi connectivity index (χ0) is 22.7. The standard InChI is InChI=1S/C23H39NO6/c1-8-10-16(2)22(30-19(5)26)17(3)11-9-14-23(6)21(29-18(4)25)13-12-20(15-28-23)24-27-7/h8,16-17,21-22H,1,9-15H2,2-7H3/b24-20+. The molecule has 0 bridgehead atoms. The van der Waals surface area contributed by atoms with Gasteiger partial charge in [0.05, 0.1) is 12.3 Å². The van der Waals surface area contributed by atoms with Gasteiger partial charge in [0.1, 0.15) is 24.9 Å². The molecule has 0 amide bonds. The summed E-state index contributed by atoms with van der Waals surface area (Å²) < 4.78 is 17.4. The van der Waals surface area contributed by atoms with Crippen LogP contribution in [0.15, 0.2) is 17.8 Å². The van der Waals surface area contributed by atoms with Crippen molar-refractivity contribution < 1.29 is 28.6 Å². The van der Waals surface area contributed by atoms with Crippen molar-refractivity contribution in [1.82, 2.24) is 0 Å². The molecule has 0 N–H and O–H groups in total. The number of hydrogen-bond acceptors (Lipinski definition) is 7. The summed E-state index contributed by atoms with van der Waals surface area (Å²) in [5.41, 5.74) is 0.194. The van der Waals surface area contributed by atoms with Gasteiger partial charge in [0.15, 0.2) is 0 Å². The van der Waals surface area contributed by atoms with Gasteiger partial charge in [0.25, 0.3) is 0 Å². The predicted molar refractivity (Wildman–Crippen MR) is 116 cm³/mol. The number of hydrogen-bond donors (Lipinski definition) is 0. The molecule has 30 heavy (non-hydrogen) atoms. The lowest BCUT2D eigenvalue weighted by molar-refractivity contribution is -0.167. The summed E-state index contributed by atoms with van der Waals surface area (Å²) >= 11 is 0. The van der Waals surface area contributed by atoms with Gasteiger partial charge in [-0.3, -0.25) is 9.59 Å². The Hall–Kier alpha value is -1.89. The molecule has 0 aromatic rings. The first kappa shape index (κ1) is 26.1. The fraction of sp³-hybridized carbons (Fsp3) is 0.783. The second-order valence-corrected chi connectivity index (χ2v) is 8.52. The molecule has 5 atom stereocenters. The minimum Gasteiger partial charge on any atom is -0.462 e. The summed E-state index contributed by atoms with van der Waals surface area (Å²) in [5.74, 6) is -0.186. The van der Waals surface area contributed by atoms with Gasteiger partial charge in [-0.05, 0) is 50.9 Å². The van der Waals surface area contributed by atoms with Crippen molar-refractivity contribution in [2.24, 2.45) is 17.0 Å². The van der Waals surface area contributed by atoms with E-state index in [9.17, 15) is 9.59 Å². The Bertz CT molecular complexity index is 605. The summed E-state index contributed by atoms with van der Waals surface area (Å²) in [7, 11) is 1.51. The smallest absolute Gasteiger partial charge is 0.303 e. The van der Waals surface area contributed by atoms with E-state index in [4.69, 9.17) is 19.0 Å². The maximum atomic E-state index is 11.6. The van der Waals surface area contributed by atoms with Gasteiger partial charge in [-0.25, -0.2) is 0 Å². The second-order valence-electron chi connectivity index (χ2n) is 8.52. The molecule has 0 aromatic heterocycles. The Morgan fingerprint density at radius 1 is 1.30 bits per heavy atom. The van der Waals surface area contributed by atoms with E-state index in [1.165, 1.54) is 21.0 Å². The zero-order valence-corrected chi connectivity index (χ0v) is 19.4. The van der Waals surface area contributed by atoms with Crippen LogP contribution in [0.25, 0.3) is 0 Å². The lowest BCUT2D eigenvalue weighted by atomic mass is 9.84. The van der Waals surface area contributed by atoms with Crippen LogP contribution in [0.4, 0.5) is 0 Å². The molecular weight excluding hydrogens is 386 g/mol. The zero-order valence-electron chi connectivity index (χ0n) is 19.4. The van der Waals surface area contributed by atoms with E-state index in [1.807, 2.05) is 13.0 Å². The molecule has 1 saturated heterocycles. The Morgan fingerprint density at radius 2 is 2.00 bits per heavy atom. The third-order valence-electron chi connectivity index (χ3n) is 5.77. The molecule has 1 aliphatic rings. The quantitative estimate of drug-likeness (QED) is 0.276. The number of carbonyl (C=O) groups is 2. The van der Waals surface area contributed by atoms with Crippen molar-refractivity contribution >= 4 is 17.7 Å². The van der Waals surface area contributed by atoms with Crippen LogP contribution >= 0.6 is 0 Å². The number of rotatable bonds is 11. The number of nitrogens with zero attached hydrogens (tertiary/aromatic N) is 1. The number of oxime groups is 1. The van der Waals surface area contributed by atoms with Crippen molar-refractivity contribution in [3.63, 3.8) is 0 Å². The minimum absolute atomic E-state index is 0.159. The summed E-state index contributed by atoms with van der Waals surface area (Å²) in [4.78, 5) is 28.1. The highest BCUT2D eigenvalue weighted by Crippen LogP contribution is 2.33. The second kappa shape index (κ2) is 12.7. The van der Waals surface area contributed by atoms with E-state index in [-0.39, 0.29) is 36.0 Å². The Kier molecular flexibility index (Phi) is 11.1. The molecule has 7 heteroatoms. The molecule has 0 radical (unpaired) electrons. The molecule has 1 fully saturated rings. The molecule has 0 saturated carbocycles. The Labute approximate surface area is 181 Å². The van der Waals surface area contributed by atoms with E-state index in [1.54, 1.807) is 0 Å². The Morgan fingerprint density at radius 3 is 2.57 bits per heavy atom. The van der Waals surface area contributed by atoms with Gasteiger partial charge < -0.3 is 19.0 Å². The van der Waals surface area contributed by atoms with Crippen molar-refractivity contribution in [3.8, 4) is 0 Å². The van der Waals surface area contributed by atoms with Gasteiger partial charge in [0, 0.05) is 13.8 Å². The SMILES string of the molecule is C=CCC(C)C(OC(C)=O)C(C)CCCC1(C)OC/C(=N/OC)CCC1OC(C)=O. The highest BCUT2D eigenvalue weighted by molar-refractivity contribution is 5.85. The van der Waals surface area contributed by atoms with E-state index in [0.29, 0.717) is 19.4 Å². The first-order valence-electron chi connectivity index (χ1n) is 10.8. The molecule has 7 nitrogen and oxygen atoms in total. The van der Waals surface area contributed by atoms with Gasteiger partial charge in [-0.1, -0.05) is 31.5 Å². The first-order valence-corrected chi connectivity index (χ1v) is 10.8. The van der Waals surface area contributed by atoms with Crippen molar-refractivity contribution in [1.29, 1.82) is 0 Å². The van der Waals surface area contributed by atoms with Crippen molar-refractivity contribution in [2.45, 2.75) is 91.0 Å². The monoisotopic (exact) mass is 425 g/mol. The van der Waals surface area contributed by atoms with E-state index < -0.39 is 5.60 Å². The maximum Gasteiger partial charge on any atom is 0.303 e. The van der Waals surface area contributed by atoms with Gasteiger partial charge >= 0.3 is 11.9 Å². The molecule has 1 heterocycles. The van der Waals surface area contributed by atoms with Crippen LogP contribution < -0.4 is 0 Å². The molecule has 5 unspecified atom stereocenters. The minimum atomic E-state index is -0.611. The van der Waals surface area contributed by atoms with Gasteiger partial charge in [-0.2, -0.15) is 0 Å². The Balaban J connectivity index is 2.80. The van der Waals surface area contributed by atoms with Crippen LogP contribution in [0.5, 0.6) is 0 Å². The molecule has 0 aromatic carbocycles.